The third kappa shape index (κ3) is 5.66. The minimum atomic E-state index is -5.01. The van der Waals surface area contributed by atoms with Gasteiger partial charge in [-0.1, -0.05) is 30.0 Å². The zero-order valence-electron chi connectivity index (χ0n) is 14.8. The lowest BCUT2D eigenvalue weighted by Crippen LogP contribution is -2.09. The quantitative estimate of drug-likeness (QED) is 0.189. The number of H-pyrrole nitrogens is 1. The first-order valence-electron chi connectivity index (χ1n) is 8.47. The highest BCUT2D eigenvalue weighted by Gasteiger charge is 2.34. The van der Waals surface area contributed by atoms with Gasteiger partial charge in [-0.2, -0.15) is 8.78 Å². The first-order valence-corrected chi connectivity index (χ1v) is 11.9. The molecular formula is C18H16BrF2N2O4PS. The SMILES string of the molecule is O=c1[nH]c(SCCCc2ccc(OP(=O)(O)C(F)F)c(Br)c2)nc2ccccc12. The van der Waals surface area contributed by atoms with E-state index in [1.54, 1.807) is 30.3 Å². The number of aryl methyl sites for hydroxylation is 1. The maximum Gasteiger partial charge on any atom is 0.442 e. The lowest BCUT2D eigenvalue weighted by Gasteiger charge is -2.14. The molecule has 0 radical (unpaired) electrons. The van der Waals surface area contributed by atoms with E-state index in [4.69, 9.17) is 4.89 Å². The van der Waals surface area contributed by atoms with Crippen LogP contribution in [0.2, 0.25) is 0 Å². The average molecular weight is 505 g/mol. The first kappa shape index (κ1) is 22.0. The Kier molecular flexibility index (Phi) is 7.10. The minimum Gasteiger partial charge on any atom is -0.420 e. The number of hydrogen-bond acceptors (Lipinski definition) is 5. The van der Waals surface area contributed by atoms with E-state index in [9.17, 15) is 18.1 Å². The third-order valence-electron chi connectivity index (χ3n) is 3.91. The molecule has 6 nitrogen and oxygen atoms in total. The molecule has 11 heteroatoms. The van der Waals surface area contributed by atoms with Crippen molar-refractivity contribution in [1.82, 2.24) is 9.97 Å². The van der Waals surface area contributed by atoms with E-state index in [1.165, 1.54) is 17.8 Å². The van der Waals surface area contributed by atoms with Crippen LogP contribution in [-0.2, 0) is 11.0 Å². The van der Waals surface area contributed by atoms with E-state index in [0.717, 1.165) is 12.0 Å². The fraction of sp³-hybridized carbons (Fsp3) is 0.222. The van der Waals surface area contributed by atoms with Crippen molar-refractivity contribution >= 4 is 46.2 Å². The normalized spacial score (nSPS) is 13.6. The van der Waals surface area contributed by atoms with Crippen LogP contribution >= 0.6 is 35.3 Å². The number of benzene rings is 2. The number of para-hydroxylation sites is 1. The van der Waals surface area contributed by atoms with Crippen molar-refractivity contribution < 1.29 is 22.8 Å². The van der Waals surface area contributed by atoms with Crippen LogP contribution in [0.5, 0.6) is 5.75 Å². The highest BCUT2D eigenvalue weighted by molar-refractivity contribution is 9.10. The summed E-state index contributed by atoms with van der Waals surface area (Å²) < 4.78 is 41.1. The summed E-state index contributed by atoms with van der Waals surface area (Å²) in [6.45, 7) is 0. The molecule has 2 N–H and O–H groups in total. The van der Waals surface area contributed by atoms with Crippen LogP contribution < -0.4 is 10.1 Å². The molecule has 3 aromatic rings. The Bertz CT molecular complexity index is 1130. The number of thioether (sulfide) groups is 1. The molecule has 154 valence electrons. The van der Waals surface area contributed by atoms with Gasteiger partial charge in [0.2, 0.25) is 0 Å². The Morgan fingerprint density at radius 1 is 1.28 bits per heavy atom. The predicted octanol–water partition coefficient (Wildman–Crippen LogP) is 5.20. The van der Waals surface area contributed by atoms with Gasteiger partial charge in [0, 0.05) is 5.75 Å². The highest BCUT2D eigenvalue weighted by atomic mass is 79.9. The molecule has 0 bridgehead atoms. The summed E-state index contributed by atoms with van der Waals surface area (Å²) >= 11 is 4.60. The van der Waals surface area contributed by atoms with Gasteiger partial charge in [0.1, 0.15) is 5.75 Å². The lowest BCUT2D eigenvalue weighted by atomic mass is 10.1. The maximum absolute atomic E-state index is 12.5. The largest absolute Gasteiger partial charge is 0.442 e. The molecule has 1 atom stereocenters. The van der Waals surface area contributed by atoms with E-state index >= 15 is 0 Å². The Hall–Kier alpha value is -1.74. The Labute approximate surface area is 177 Å². The van der Waals surface area contributed by atoms with Gasteiger partial charge in [-0.25, -0.2) is 9.55 Å². The van der Waals surface area contributed by atoms with Crippen molar-refractivity contribution in [3.63, 3.8) is 0 Å². The number of nitrogens with one attached hydrogen (secondary N) is 1. The van der Waals surface area contributed by atoms with Gasteiger partial charge in [0.25, 0.3) is 5.56 Å². The van der Waals surface area contributed by atoms with Crippen molar-refractivity contribution in [2.24, 2.45) is 0 Å². The van der Waals surface area contributed by atoms with Crippen molar-refractivity contribution in [3.8, 4) is 5.75 Å². The summed E-state index contributed by atoms with van der Waals surface area (Å²) in [6, 6.07) is 11.8. The summed E-state index contributed by atoms with van der Waals surface area (Å²) in [7, 11) is -5.01. The molecule has 1 unspecified atom stereocenters. The number of alkyl halides is 2. The van der Waals surface area contributed by atoms with Crippen molar-refractivity contribution in [1.29, 1.82) is 0 Å². The predicted molar refractivity (Wildman–Crippen MR) is 112 cm³/mol. The number of nitrogens with zero attached hydrogens (tertiary/aromatic N) is 1. The van der Waals surface area contributed by atoms with Gasteiger partial charge < -0.3 is 14.4 Å². The van der Waals surface area contributed by atoms with E-state index in [1.807, 2.05) is 6.07 Å². The van der Waals surface area contributed by atoms with Gasteiger partial charge >= 0.3 is 13.8 Å². The highest BCUT2D eigenvalue weighted by Crippen LogP contribution is 2.50. The van der Waals surface area contributed by atoms with E-state index in [2.05, 4.69) is 30.4 Å². The second kappa shape index (κ2) is 9.38. The summed E-state index contributed by atoms with van der Waals surface area (Å²) in [5.41, 5.74) is 1.36. The molecule has 29 heavy (non-hydrogen) atoms. The van der Waals surface area contributed by atoms with Crippen molar-refractivity contribution in [2.75, 3.05) is 5.75 Å². The molecule has 0 saturated heterocycles. The zero-order valence-corrected chi connectivity index (χ0v) is 18.1. The number of fused-ring (bicyclic) bond motifs is 1. The van der Waals surface area contributed by atoms with E-state index in [-0.39, 0.29) is 11.3 Å². The summed E-state index contributed by atoms with van der Waals surface area (Å²) in [5.74, 6) is 0.584. The number of hydrogen-bond donors (Lipinski definition) is 2. The number of aromatic amines is 1. The van der Waals surface area contributed by atoms with E-state index in [0.29, 0.717) is 32.7 Å². The molecular weight excluding hydrogens is 489 g/mol. The van der Waals surface area contributed by atoms with E-state index < -0.39 is 13.8 Å². The average Bonchev–Trinajstić information content (AvgIpc) is 2.67. The van der Waals surface area contributed by atoms with Gasteiger partial charge in [0.05, 0.1) is 15.4 Å². The summed E-state index contributed by atoms with van der Waals surface area (Å²) in [5, 5.41) is 1.09. The molecule has 1 aromatic heterocycles. The lowest BCUT2D eigenvalue weighted by molar-refractivity contribution is 0.188. The van der Waals surface area contributed by atoms with Crippen LogP contribution in [0.3, 0.4) is 0 Å². The topological polar surface area (TPSA) is 92.3 Å². The Morgan fingerprint density at radius 3 is 2.76 bits per heavy atom. The van der Waals surface area contributed by atoms with Crippen LogP contribution in [0.15, 0.2) is 56.9 Å². The van der Waals surface area contributed by atoms with Crippen LogP contribution in [-0.4, -0.2) is 26.8 Å². The Balaban J connectivity index is 1.56. The summed E-state index contributed by atoms with van der Waals surface area (Å²) in [6.07, 6.45) is -2.03. The fourth-order valence-electron chi connectivity index (χ4n) is 2.53. The molecule has 3 rings (SSSR count). The van der Waals surface area contributed by atoms with Crippen LogP contribution in [0.1, 0.15) is 12.0 Å². The molecule has 0 aliphatic heterocycles. The molecule has 0 saturated carbocycles. The van der Waals surface area contributed by atoms with Gasteiger partial charge in [-0.3, -0.25) is 4.79 Å². The number of halogens is 3. The molecule has 1 heterocycles. The van der Waals surface area contributed by atoms with Crippen LogP contribution in [0.4, 0.5) is 8.78 Å². The smallest absolute Gasteiger partial charge is 0.420 e. The summed E-state index contributed by atoms with van der Waals surface area (Å²) in [4.78, 5) is 28.4. The van der Waals surface area contributed by atoms with Gasteiger partial charge in [0.15, 0.2) is 5.16 Å². The second-order valence-electron chi connectivity index (χ2n) is 6.04. The zero-order chi connectivity index (χ0) is 21.0. The van der Waals surface area contributed by atoms with Crippen molar-refractivity contribution in [2.45, 2.75) is 24.2 Å². The maximum atomic E-state index is 12.5. The molecule has 0 aliphatic carbocycles. The third-order valence-corrected chi connectivity index (χ3v) is 6.44. The monoisotopic (exact) mass is 504 g/mol. The molecule has 0 amide bonds. The molecule has 0 aliphatic rings. The van der Waals surface area contributed by atoms with Crippen molar-refractivity contribution in [3.05, 3.63) is 62.9 Å². The standard InChI is InChI=1S/C18H16BrF2N2O4PS/c19-13-10-11(7-8-15(13)27-28(25,26)17(20)21)4-3-9-29-18-22-14-6-2-1-5-12(14)16(24)23-18/h1-2,5-8,10,17H,3-4,9H2,(H,25,26)(H,22,23,24). The van der Waals surface area contributed by atoms with Crippen LogP contribution in [0.25, 0.3) is 10.9 Å². The molecule has 0 spiro atoms. The molecule has 2 aromatic carbocycles. The van der Waals surface area contributed by atoms with Crippen LogP contribution in [0, 0.1) is 0 Å². The second-order valence-corrected chi connectivity index (χ2v) is 9.68. The Morgan fingerprint density at radius 2 is 2.03 bits per heavy atom. The minimum absolute atomic E-state index is 0.118. The number of rotatable bonds is 8. The first-order chi connectivity index (χ1) is 13.8. The fourth-order valence-corrected chi connectivity index (χ4v) is 4.50. The van der Waals surface area contributed by atoms with Gasteiger partial charge in [-0.05, 0) is 58.6 Å². The number of aromatic nitrogens is 2. The van der Waals surface area contributed by atoms with Gasteiger partial charge in [-0.15, -0.1) is 0 Å². The molecule has 0 fully saturated rings.